The van der Waals surface area contributed by atoms with Gasteiger partial charge in [0.15, 0.2) is 0 Å². The van der Waals surface area contributed by atoms with E-state index in [4.69, 9.17) is 5.73 Å². The van der Waals surface area contributed by atoms with Crippen molar-refractivity contribution in [1.82, 2.24) is 14.1 Å². The molecule has 2 heterocycles. The van der Waals surface area contributed by atoms with E-state index in [1.807, 2.05) is 19.1 Å². The van der Waals surface area contributed by atoms with E-state index < -0.39 is 10.0 Å². The number of primary amides is 1. The van der Waals surface area contributed by atoms with Gasteiger partial charge >= 0.3 is 0 Å². The first kappa shape index (κ1) is 22.7. The fourth-order valence-electron chi connectivity index (χ4n) is 4.84. The maximum absolute atomic E-state index is 13.6. The molecule has 1 fully saturated rings. The molecule has 2 N–H and O–H groups in total. The molecule has 9 heteroatoms. The lowest BCUT2D eigenvalue weighted by Crippen LogP contribution is -2.41. The number of carbonyl (C=O) groups excluding carboxylic acids is 1. The lowest BCUT2D eigenvalue weighted by Gasteiger charge is -2.30. The Morgan fingerprint density at radius 2 is 1.81 bits per heavy atom. The van der Waals surface area contributed by atoms with E-state index in [9.17, 15) is 18.0 Å². The minimum Gasteiger partial charge on any atom is -0.369 e. The first-order chi connectivity index (χ1) is 15.2. The van der Waals surface area contributed by atoms with Gasteiger partial charge < -0.3 is 5.73 Å². The molecular formula is C23H30N4O4S. The van der Waals surface area contributed by atoms with Crippen LogP contribution in [0.1, 0.15) is 49.3 Å². The standard InChI is InChI=1S/C23H30N4O4S/c1-3-15-8-9-17(21-18-6-4-5-7-19(18)23(29)26(2)25-21)14-20(15)32(30,31)27-12-10-16(11-13-27)22(24)28/h8-9,14,16H,3-7,10-13H2,1-2H3,(H2,24,28). The Morgan fingerprint density at radius 3 is 2.44 bits per heavy atom. The predicted molar refractivity (Wildman–Crippen MR) is 122 cm³/mol. The number of nitrogens with two attached hydrogens (primary N) is 1. The van der Waals surface area contributed by atoms with Crippen LogP contribution in [0.4, 0.5) is 0 Å². The van der Waals surface area contributed by atoms with Gasteiger partial charge in [0.2, 0.25) is 15.9 Å². The summed E-state index contributed by atoms with van der Waals surface area (Å²) in [7, 11) is -2.10. The molecule has 1 saturated heterocycles. The van der Waals surface area contributed by atoms with Gasteiger partial charge in [-0.25, -0.2) is 13.1 Å². The molecule has 0 unspecified atom stereocenters. The summed E-state index contributed by atoms with van der Waals surface area (Å²) < 4.78 is 30.0. The summed E-state index contributed by atoms with van der Waals surface area (Å²) in [6.45, 7) is 2.48. The lowest BCUT2D eigenvalue weighted by molar-refractivity contribution is -0.122. The van der Waals surface area contributed by atoms with Crippen molar-refractivity contribution in [2.75, 3.05) is 13.1 Å². The summed E-state index contributed by atoms with van der Waals surface area (Å²) in [4.78, 5) is 24.3. The molecule has 0 saturated carbocycles. The third kappa shape index (κ3) is 3.99. The van der Waals surface area contributed by atoms with Crippen LogP contribution >= 0.6 is 0 Å². The minimum atomic E-state index is -3.74. The number of carbonyl (C=O) groups is 1. The Hall–Kier alpha value is -2.52. The zero-order valence-electron chi connectivity index (χ0n) is 18.6. The maximum Gasteiger partial charge on any atom is 0.269 e. The van der Waals surface area contributed by atoms with E-state index in [0.717, 1.165) is 42.4 Å². The number of sulfonamides is 1. The lowest BCUT2D eigenvalue weighted by atomic mass is 9.89. The van der Waals surface area contributed by atoms with Gasteiger partial charge in [-0.1, -0.05) is 19.1 Å². The number of hydrogen-bond donors (Lipinski definition) is 1. The number of fused-ring (bicyclic) bond motifs is 1. The van der Waals surface area contributed by atoms with E-state index in [-0.39, 0.29) is 35.4 Å². The van der Waals surface area contributed by atoms with Crippen LogP contribution in [0.5, 0.6) is 0 Å². The Labute approximate surface area is 188 Å². The zero-order valence-corrected chi connectivity index (χ0v) is 19.5. The number of hydrogen-bond acceptors (Lipinski definition) is 5. The highest BCUT2D eigenvalue weighted by atomic mass is 32.2. The van der Waals surface area contributed by atoms with Crippen LogP contribution in [0.25, 0.3) is 11.3 Å². The molecule has 4 rings (SSSR count). The highest BCUT2D eigenvalue weighted by Gasteiger charge is 2.33. The van der Waals surface area contributed by atoms with Crippen LogP contribution in [-0.4, -0.2) is 41.5 Å². The second-order valence-electron chi connectivity index (χ2n) is 8.70. The Kier molecular flexibility index (Phi) is 6.22. The van der Waals surface area contributed by atoms with Crippen molar-refractivity contribution in [2.24, 2.45) is 18.7 Å². The summed E-state index contributed by atoms with van der Waals surface area (Å²) in [5.74, 6) is -0.649. The zero-order chi connectivity index (χ0) is 23.0. The van der Waals surface area contributed by atoms with Crippen molar-refractivity contribution in [1.29, 1.82) is 0 Å². The average molecular weight is 459 g/mol. The largest absolute Gasteiger partial charge is 0.369 e. The summed E-state index contributed by atoms with van der Waals surface area (Å²) >= 11 is 0. The monoisotopic (exact) mass is 458 g/mol. The molecule has 2 aromatic rings. The van der Waals surface area contributed by atoms with Crippen molar-refractivity contribution in [2.45, 2.75) is 56.8 Å². The van der Waals surface area contributed by atoms with E-state index in [0.29, 0.717) is 30.5 Å². The van der Waals surface area contributed by atoms with Gasteiger partial charge in [0.1, 0.15) is 0 Å². The normalized spacial score (nSPS) is 17.8. The second-order valence-corrected chi connectivity index (χ2v) is 10.6. The number of benzene rings is 1. The molecule has 0 bridgehead atoms. The topological polar surface area (TPSA) is 115 Å². The molecule has 1 aromatic heterocycles. The van der Waals surface area contributed by atoms with Crippen molar-refractivity contribution >= 4 is 15.9 Å². The number of piperidine rings is 1. The molecular weight excluding hydrogens is 428 g/mol. The number of aryl methyl sites for hydroxylation is 2. The number of rotatable bonds is 5. The predicted octanol–water partition coefficient (Wildman–Crippen LogP) is 1.77. The van der Waals surface area contributed by atoms with Crippen LogP contribution in [0.15, 0.2) is 27.9 Å². The molecule has 0 atom stereocenters. The Bertz CT molecular complexity index is 1210. The van der Waals surface area contributed by atoms with E-state index in [1.54, 1.807) is 13.1 Å². The van der Waals surface area contributed by atoms with Gasteiger partial charge in [-0.3, -0.25) is 9.59 Å². The molecule has 2 aliphatic rings. The van der Waals surface area contributed by atoms with Crippen LogP contribution in [0, 0.1) is 5.92 Å². The van der Waals surface area contributed by atoms with E-state index in [2.05, 4.69) is 5.10 Å². The average Bonchev–Trinajstić information content (AvgIpc) is 2.81. The summed E-state index contributed by atoms with van der Waals surface area (Å²) in [5, 5.41) is 4.52. The molecule has 0 radical (unpaired) electrons. The molecule has 1 aromatic carbocycles. The Balaban J connectivity index is 1.77. The smallest absolute Gasteiger partial charge is 0.269 e. The summed E-state index contributed by atoms with van der Waals surface area (Å²) in [6, 6.07) is 5.45. The van der Waals surface area contributed by atoms with Gasteiger partial charge in [0.05, 0.1) is 10.6 Å². The highest BCUT2D eigenvalue weighted by Crippen LogP contribution is 2.33. The summed E-state index contributed by atoms with van der Waals surface area (Å²) in [5.41, 5.74) is 9.20. The number of aromatic nitrogens is 2. The van der Waals surface area contributed by atoms with Crippen LogP contribution in [0.3, 0.4) is 0 Å². The van der Waals surface area contributed by atoms with Crippen LogP contribution in [0.2, 0.25) is 0 Å². The van der Waals surface area contributed by atoms with Crippen LogP contribution < -0.4 is 11.3 Å². The van der Waals surface area contributed by atoms with Gasteiger partial charge in [-0.05, 0) is 62.1 Å². The molecule has 32 heavy (non-hydrogen) atoms. The molecule has 172 valence electrons. The van der Waals surface area contributed by atoms with Gasteiger partial charge in [-0.15, -0.1) is 0 Å². The Morgan fingerprint density at radius 1 is 1.16 bits per heavy atom. The number of nitrogens with zero attached hydrogens (tertiary/aromatic N) is 3. The van der Waals surface area contributed by atoms with E-state index >= 15 is 0 Å². The SMILES string of the molecule is CCc1ccc(-c2nn(C)c(=O)c3c2CCCC3)cc1S(=O)(=O)N1CCC(C(N)=O)CC1. The third-order valence-corrected chi connectivity index (χ3v) is 8.73. The molecule has 8 nitrogen and oxygen atoms in total. The first-order valence-electron chi connectivity index (χ1n) is 11.3. The van der Waals surface area contributed by atoms with E-state index in [1.165, 1.54) is 8.99 Å². The fourth-order valence-corrected chi connectivity index (χ4v) is 6.63. The first-order valence-corrected chi connectivity index (χ1v) is 12.7. The second kappa shape index (κ2) is 8.78. The van der Waals surface area contributed by atoms with Crippen LogP contribution in [-0.2, 0) is 41.1 Å². The minimum absolute atomic E-state index is 0.0706. The van der Waals surface area contributed by atoms with Gasteiger partial charge in [-0.2, -0.15) is 9.40 Å². The van der Waals surface area contributed by atoms with Gasteiger partial charge in [0, 0.05) is 37.2 Å². The van der Waals surface area contributed by atoms with Crippen molar-refractivity contribution in [3.63, 3.8) is 0 Å². The maximum atomic E-state index is 13.6. The van der Waals surface area contributed by atoms with Gasteiger partial charge in [0.25, 0.3) is 5.56 Å². The fraction of sp³-hybridized carbons (Fsp3) is 0.522. The third-order valence-electron chi connectivity index (χ3n) is 6.75. The summed E-state index contributed by atoms with van der Waals surface area (Å²) in [6.07, 6.45) is 4.91. The van der Waals surface area contributed by atoms with Crippen molar-refractivity contribution in [3.8, 4) is 11.3 Å². The molecule has 1 amide bonds. The highest BCUT2D eigenvalue weighted by molar-refractivity contribution is 7.89. The van der Waals surface area contributed by atoms with Crippen molar-refractivity contribution < 1.29 is 13.2 Å². The number of amides is 1. The quantitative estimate of drug-likeness (QED) is 0.733. The molecule has 0 spiro atoms. The molecule has 1 aliphatic heterocycles. The molecule has 1 aliphatic carbocycles. The van der Waals surface area contributed by atoms with Crippen molar-refractivity contribution in [3.05, 3.63) is 45.2 Å².